The monoisotopic (exact) mass is 347 g/mol. The molecule has 122 valence electrons. The highest BCUT2D eigenvalue weighted by Crippen LogP contribution is 2.31. The maximum Gasteiger partial charge on any atom is 0.227 e. The van der Waals surface area contributed by atoms with Gasteiger partial charge in [-0.25, -0.2) is 4.98 Å². The summed E-state index contributed by atoms with van der Waals surface area (Å²) in [5.74, 6) is 0.493. The van der Waals surface area contributed by atoms with Crippen LogP contribution in [0, 0.1) is 12.8 Å². The fourth-order valence-corrected chi connectivity index (χ4v) is 5.23. The molecule has 5 heterocycles. The SMILES string of the molecule is Cc1ccc(CN2C[C@H]3CC[C@@H](C2)N(Cc2cscn2)C3=O)s1. The number of hydrogen-bond donors (Lipinski definition) is 0. The van der Waals surface area contributed by atoms with Crippen molar-refractivity contribution >= 4 is 28.6 Å². The van der Waals surface area contributed by atoms with Gasteiger partial charge < -0.3 is 4.90 Å². The summed E-state index contributed by atoms with van der Waals surface area (Å²) in [6.45, 7) is 5.70. The number of amides is 1. The number of carbonyl (C=O) groups is 1. The van der Waals surface area contributed by atoms with Crippen LogP contribution in [-0.4, -0.2) is 39.8 Å². The minimum atomic E-state index is 0.161. The lowest BCUT2D eigenvalue weighted by atomic mass is 9.94. The van der Waals surface area contributed by atoms with Crippen LogP contribution < -0.4 is 0 Å². The predicted octanol–water partition coefficient (Wildman–Crippen LogP) is 3.14. The smallest absolute Gasteiger partial charge is 0.227 e. The van der Waals surface area contributed by atoms with Crippen LogP contribution in [0.15, 0.2) is 23.0 Å². The van der Waals surface area contributed by atoms with Gasteiger partial charge in [0.25, 0.3) is 0 Å². The number of fused-ring (bicyclic) bond motifs is 4. The van der Waals surface area contributed by atoms with E-state index in [0.717, 1.165) is 38.2 Å². The van der Waals surface area contributed by atoms with E-state index in [0.29, 0.717) is 18.5 Å². The summed E-state index contributed by atoms with van der Waals surface area (Å²) in [6.07, 6.45) is 2.16. The lowest BCUT2D eigenvalue weighted by molar-refractivity contribution is -0.140. The van der Waals surface area contributed by atoms with Crippen LogP contribution in [0.1, 0.15) is 28.3 Å². The molecule has 23 heavy (non-hydrogen) atoms. The molecule has 0 aromatic carbocycles. The molecule has 5 rings (SSSR count). The van der Waals surface area contributed by atoms with Gasteiger partial charge in [0, 0.05) is 40.8 Å². The molecule has 2 aromatic rings. The molecule has 0 radical (unpaired) electrons. The summed E-state index contributed by atoms with van der Waals surface area (Å²) < 4.78 is 0. The summed E-state index contributed by atoms with van der Waals surface area (Å²) in [7, 11) is 0. The minimum Gasteiger partial charge on any atom is -0.332 e. The van der Waals surface area contributed by atoms with Gasteiger partial charge in [0.2, 0.25) is 5.91 Å². The topological polar surface area (TPSA) is 36.4 Å². The largest absolute Gasteiger partial charge is 0.332 e. The number of thiophene rings is 1. The maximum absolute atomic E-state index is 12.8. The van der Waals surface area contributed by atoms with Gasteiger partial charge in [-0.05, 0) is 31.9 Å². The third-order valence-electron chi connectivity index (χ3n) is 4.86. The van der Waals surface area contributed by atoms with E-state index in [4.69, 9.17) is 0 Å². The van der Waals surface area contributed by atoms with E-state index < -0.39 is 0 Å². The Labute approximate surface area is 144 Å². The number of carbonyl (C=O) groups excluding carboxylic acids is 1. The Balaban J connectivity index is 1.50. The second kappa shape index (κ2) is 6.34. The van der Waals surface area contributed by atoms with Gasteiger partial charge in [0.1, 0.15) is 0 Å². The van der Waals surface area contributed by atoms with Crippen LogP contribution in [0.5, 0.6) is 0 Å². The van der Waals surface area contributed by atoms with Gasteiger partial charge in [-0.1, -0.05) is 0 Å². The molecule has 2 bridgehead atoms. The van der Waals surface area contributed by atoms with Crippen molar-refractivity contribution in [2.75, 3.05) is 13.1 Å². The maximum atomic E-state index is 12.8. The lowest BCUT2D eigenvalue weighted by Gasteiger charge is -2.35. The lowest BCUT2D eigenvalue weighted by Crippen LogP contribution is -2.47. The van der Waals surface area contributed by atoms with Crippen LogP contribution in [0.4, 0.5) is 0 Å². The minimum absolute atomic E-state index is 0.161. The van der Waals surface area contributed by atoms with Gasteiger partial charge in [0.15, 0.2) is 0 Å². The van der Waals surface area contributed by atoms with Gasteiger partial charge >= 0.3 is 0 Å². The third-order valence-corrected chi connectivity index (χ3v) is 6.48. The first kappa shape index (κ1) is 15.3. The van der Waals surface area contributed by atoms with E-state index in [1.165, 1.54) is 9.75 Å². The second-order valence-corrected chi connectivity index (χ2v) is 8.67. The van der Waals surface area contributed by atoms with Crippen LogP contribution in [0.3, 0.4) is 0 Å². The first-order valence-electron chi connectivity index (χ1n) is 8.14. The summed E-state index contributed by atoms with van der Waals surface area (Å²) in [6, 6.07) is 4.75. The Hall–Kier alpha value is -1.24. The van der Waals surface area contributed by atoms with Gasteiger partial charge in [0.05, 0.1) is 23.7 Å². The highest BCUT2D eigenvalue weighted by Gasteiger charge is 2.40. The molecule has 0 saturated carbocycles. The first-order chi connectivity index (χ1) is 11.2. The second-order valence-electron chi connectivity index (χ2n) is 6.58. The molecule has 3 aliphatic rings. The normalized spacial score (nSPS) is 25.1. The number of aryl methyl sites for hydroxylation is 1. The zero-order valence-corrected chi connectivity index (χ0v) is 14.9. The van der Waals surface area contributed by atoms with Crippen molar-refractivity contribution < 1.29 is 4.79 Å². The molecular formula is C17H21N3OS2. The fraction of sp³-hybridized carbons (Fsp3) is 0.529. The molecule has 4 nitrogen and oxygen atoms in total. The molecule has 6 heteroatoms. The number of thiazole rings is 1. The average molecular weight is 348 g/mol. The van der Waals surface area contributed by atoms with E-state index in [1.54, 1.807) is 11.3 Å². The van der Waals surface area contributed by atoms with Crippen LogP contribution in [0.25, 0.3) is 0 Å². The summed E-state index contributed by atoms with van der Waals surface area (Å²) in [4.78, 5) is 24.5. The molecule has 3 saturated heterocycles. The van der Waals surface area contributed by atoms with Crippen molar-refractivity contribution in [1.82, 2.24) is 14.8 Å². The highest BCUT2D eigenvalue weighted by atomic mass is 32.1. The van der Waals surface area contributed by atoms with Gasteiger partial charge in [-0.15, -0.1) is 22.7 Å². The average Bonchev–Trinajstić information content (AvgIpc) is 3.10. The molecule has 3 aliphatic heterocycles. The van der Waals surface area contributed by atoms with Crippen molar-refractivity contribution in [3.63, 3.8) is 0 Å². The quantitative estimate of drug-likeness (QED) is 0.852. The molecule has 1 amide bonds. The van der Waals surface area contributed by atoms with E-state index in [2.05, 4.69) is 39.2 Å². The molecule has 0 unspecified atom stereocenters. The number of aromatic nitrogens is 1. The Morgan fingerprint density at radius 3 is 2.91 bits per heavy atom. The molecule has 0 spiro atoms. The summed E-state index contributed by atoms with van der Waals surface area (Å²) >= 11 is 3.47. The Morgan fingerprint density at radius 2 is 2.17 bits per heavy atom. The van der Waals surface area contributed by atoms with Crippen molar-refractivity contribution in [2.45, 2.75) is 38.9 Å². The predicted molar refractivity (Wildman–Crippen MR) is 93.5 cm³/mol. The fourth-order valence-electron chi connectivity index (χ4n) is 3.75. The Bertz CT molecular complexity index is 682. The van der Waals surface area contributed by atoms with Crippen LogP contribution in [-0.2, 0) is 17.9 Å². The third kappa shape index (κ3) is 3.20. The van der Waals surface area contributed by atoms with Crippen molar-refractivity contribution in [3.8, 4) is 0 Å². The zero-order chi connectivity index (χ0) is 15.8. The Kier molecular flexibility index (Phi) is 4.22. The van der Waals surface area contributed by atoms with Crippen LogP contribution in [0.2, 0.25) is 0 Å². The molecular weight excluding hydrogens is 326 g/mol. The van der Waals surface area contributed by atoms with Crippen LogP contribution >= 0.6 is 22.7 Å². The van der Waals surface area contributed by atoms with Gasteiger partial charge in [-0.2, -0.15) is 0 Å². The standard InChI is InChI=1S/C17H21N3OS2/c1-12-2-5-16(23-12)9-19-6-13-3-4-15(8-19)20(17(13)21)7-14-10-22-11-18-14/h2,5,10-11,13,15H,3-4,6-9H2,1H3/t13-,15+/m1/s1. The number of rotatable bonds is 4. The van der Waals surface area contributed by atoms with E-state index in [1.807, 2.05) is 16.8 Å². The number of hydrogen-bond acceptors (Lipinski definition) is 5. The highest BCUT2D eigenvalue weighted by molar-refractivity contribution is 7.11. The number of piperidine rings is 1. The number of nitrogens with zero attached hydrogens (tertiary/aromatic N) is 3. The van der Waals surface area contributed by atoms with Crippen molar-refractivity contribution in [1.29, 1.82) is 0 Å². The molecule has 2 aromatic heterocycles. The van der Waals surface area contributed by atoms with E-state index in [-0.39, 0.29) is 5.92 Å². The van der Waals surface area contributed by atoms with Crippen molar-refractivity contribution in [2.24, 2.45) is 5.92 Å². The molecule has 0 aliphatic carbocycles. The van der Waals surface area contributed by atoms with Crippen molar-refractivity contribution in [3.05, 3.63) is 38.5 Å². The molecule has 2 atom stereocenters. The van der Waals surface area contributed by atoms with E-state index in [9.17, 15) is 4.79 Å². The zero-order valence-electron chi connectivity index (χ0n) is 13.3. The molecule has 0 N–H and O–H groups in total. The summed E-state index contributed by atoms with van der Waals surface area (Å²) in [5.41, 5.74) is 2.87. The van der Waals surface area contributed by atoms with E-state index >= 15 is 0 Å². The van der Waals surface area contributed by atoms with Gasteiger partial charge in [-0.3, -0.25) is 9.69 Å². The summed E-state index contributed by atoms with van der Waals surface area (Å²) in [5, 5.41) is 2.05. The first-order valence-corrected chi connectivity index (χ1v) is 9.90. The Morgan fingerprint density at radius 1 is 1.26 bits per heavy atom. The molecule has 3 fully saturated rings.